The SMILES string of the molecule is Cc1ccccc1-c1c(B2CC(C)(C)C(C)(C)O2)cc2c3ccccc3n(C3C=CC=CC3)c2c1C. The molecular formula is C33H36BNO. The number of benzene rings is 3. The van der Waals surface area contributed by atoms with Crippen molar-refractivity contribution in [2.45, 2.75) is 65.9 Å². The molecule has 4 aromatic rings. The second-order valence-electron chi connectivity index (χ2n) is 11.9. The molecule has 182 valence electrons. The van der Waals surface area contributed by atoms with Gasteiger partial charge in [-0.1, -0.05) is 86.7 Å². The van der Waals surface area contributed by atoms with Gasteiger partial charge in [0.05, 0.1) is 17.2 Å². The summed E-state index contributed by atoms with van der Waals surface area (Å²) in [4.78, 5) is 0. The highest BCUT2D eigenvalue weighted by Gasteiger charge is 2.50. The van der Waals surface area contributed by atoms with Gasteiger partial charge in [-0.25, -0.2) is 0 Å². The summed E-state index contributed by atoms with van der Waals surface area (Å²) in [5.41, 5.74) is 9.21. The summed E-state index contributed by atoms with van der Waals surface area (Å²) in [6.45, 7) is 13.8. The molecule has 1 aliphatic heterocycles. The standard InChI is InChI=1S/C33H36BNO/c1-22-14-10-11-17-25(22)30-23(2)31-27(20-28(30)34-21-32(3,4)33(5,6)36-34)26-18-12-13-19-29(26)35(31)24-15-8-7-9-16-24/h7-15,17-20,24H,16,21H2,1-6H3. The number of hydrogen-bond donors (Lipinski definition) is 0. The Morgan fingerprint density at radius 3 is 2.36 bits per heavy atom. The van der Waals surface area contributed by atoms with Crippen LogP contribution in [-0.2, 0) is 4.65 Å². The van der Waals surface area contributed by atoms with E-state index in [2.05, 4.69) is 125 Å². The molecular weight excluding hydrogens is 437 g/mol. The molecule has 0 amide bonds. The van der Waals surface area contributed by atoms with Gasteiger partial charge in [-0.2, -0.15) is 0 Å². The van der Waals surface area contributed by atoms with Gasteiger partial charge in [0.2, 0.25) is 0 Å². The Bertz CT molecular complexity index is 1540. The van der Waals surface area contributed by atoms with Crippen molar-refractivity contribution in [3.05, 3.63) is 90.0 Å². The molecule has 3 heteroatoms. The monoisotopic (exact) mass is 473 g/mol. The summed E-state index contributed by atoms with van der Waals surface area (Å²) in [6.07, 6.45) is 11.0. The first-order chi connectivity index (χ1) is 17.2. The molecule has 0 saturated carbocycles. The fraction of sp³-hybridized carbons (Fsp3) is 0.333. The van der Waals surface area contributed by atoms with Crippen LogP contribution in [0.25, 0.3) is 32.9 Å². The van der Waals surface area contributed by atoms with E-state index < -0.39 is 0 Å². The molecule has 1 atom stereocenters. The Labute approximate surface area is 215 Å². The predicted octanol–water partition coefficient (Wildman–Crippen LogP) is 8.17. The Balaban J connectivity index is 1.72. The molecule has 1 saturated heterocycles. The number of para-hydroxylation sites is 1. The predicted molar refractivity (Wildman–Crippen MR) is 155 cm³/mol. The Hall–Kier alpha value is -3.04. The van der Waals surface area contributed by atoms with Gasteiger partial charge in [0.15, 0.2) is 0 Å². The average Bonchev–Trinajstić information content (AvgIpc) is 3.30. The van der Waals surface area contributed by atoms with E-state index in [1.807, 2.05) is 0 Å². The minimum absolute atomic E-state index is 0.0623. The van der Waals surface area contributed by atoms with Crippen LogP contribution in [0.5, 0.6) is 0 Å². The molecule has 3 aromatic carbocycles. The Kier molecular flexibility index (Phi) is 5.35. The third-order valence-electron chi connectivity index (χ3n) is 9.08. The highest BCUT2D eigenvalue weighted by molar-refractivity contribution is 6.70. The molecule has 1 fully saturated rings. The van der Waals surface area contributed by atoms with Crippen LogP contribution in [0.4, 0.5) is 0 Å². The van der Waals surface area contributed by atoms with Crippen LogP contribution < -0.4 is 5.46 Å². The quantitative estimate of drug-likeness (QED) is 0.274. The first kappa shape index (κ1) is 23.4. The first-order valence-electron chi connectivity index (χ1n) is 13.3. The van der Waals surface area contributed by atoms with Gasteiger partial charge in [0, 0.05) is 16.3 Å². The molecule has 0 spiro atoms. The van der Waals surface area contributed by atoms with Crippen LogP contribution in [0.1, 0.15) is 51.3 Å². The van der Waals surface area contributed by atoms with Gasteiger partial charge in [-0.3, -0.25) is 0 Å². The summed E-state index contributed by atoms with van der Waals surface area (Å²) in [6, 6.07) is 20.5. The van der Waals surface area contributed by atoms with E-state index in [-0.39, 0.29) is 17.9 Å². The summed E-state index contributed by atoms with van der Waals surface area (Å²) >= 11 is 0. The number of fused-ring (bicyclic) bond motifs is 3. The zero-order valence-electron chi connectivity index (χ0n) is 22.4. The molecule has 2 heterocycles. The summed E-state index contributed by atoms with van der Waals surface area (Å²) in [7, 11) is 0. The lowest BCUT2D eigenvalue weighted by molar-refractivity contribution is 0.0375. The maximum Gasteiger partial charge on any atom is 0.328 e. The van der Waals surface area contributed by atoms with Gasteiger partial charge in [0.1, 0.15) is 0 Å². The minimum atomic E-state index is -0.184. The third kappa shape index (κ3) is 3.44. The van der Waals surface area contributed by atoms with Crippen LogP contribution in [-0.4, -0.2) is 17.1 Å². The molecule has 36 heavy (non-hydrogen) atoms. The van der Waals surface area contributed by atoms with Crippen molar-refractivity contribution < 1.29 is 4.65 Å². The van der Waals surface area contributed by atoms with Crippen molar-refractivity contribution in [3.63, 3.8) is 0 Å². The molecule has 2 aliphatic rings. The second-order valence-corrected chi connectivity index (χ2v) is 11.9. The van der Waals surface area contributed by atoms with Crippen LogP contribution in [0.2, 0.25) is 6.32 Å². The number of rotatable bonds is 3. The Morgan fingerprint density at radius 1 is 0.917 bits per heavy atom. The van der Waals surface area contributed by atoms with Crippen molar-refractivity contribution in [1.82, 2.24) is 4.57 Å². The minimum Gasteiger partial charge on any atom is -0.426 e. The van der Waals surface area contributed by atoms with Gasteiger partial charge < -0.3 is 9.22 Å². The van der Waals surface area contributed by atoms with Crippen molar-refractivity contribution in [2.75, 3.05) is 0 Å². The molecule has 2 nitrogen and oxygen atoms in total. The van der Waals surface area contributed by atoms with E-state index in [4.69, 9.17) is 4.65 Å². The van der Waals surface area contributed by atoms with E-state index in [1.54, 1.807) is 0 Å². The van der Waals surface area contributed by atoms with Gasteiger partial charge >= 0.3 is 6.92 Å². The molecule has 1 aromatic heterocycles. The fourth-order valence-electron chi connectivity index (χ4n) is 6.39. The molecule has 1 aliphatic carbocycles. The largest absolute Gasteiger partial charge is 0.426 e. The molecule has 0 N–H and O–H groups in total. The fourth-order valence-corrected chi connectivity index (χ4v) is 6.39. The van der Waals surface area contributed by atoms with Crippen LogP contribution in [0, 0.1) is 19.3 Å². The smallest absolute Gasteiger partial charge is 0.328 e. The topological polar surface area (TPSA) is 14.2 Å². The zero-order valence-corrected chi connectivity index (χ0v) is 22.4. The van der Waals surface area contributed by atoms with Gasteiger partial charge in [-0.05, 0) is 79.6 Å². The highest BCUT2D eigenvalue weighted by Crippen LogP contribution is 2.47. The lowest BCUT2D eigenvalue weighted by Crippen LogP contribution is -2.36. The van der Waals surface area contributed by atoms with Crippen molar-refractivity contribution in [2.24, 2.45) is 5.41 Å². The number of aromatic nitrogens is 1. The van der Waals surface area contributed by atoms with Gasteiger partial charge in [0.25, 0.3) is 0 Å². The summed E-state index contributed by atoms with van der Waals surface area (Å²) < 4.78 is 9.44. The molecule has 0 radical (unpaired) electrons. The number of aryl methyl sites for hydroxylation is 2. The molecule has 1 unspecified atom stereocenters. The van der Waals surface area contributed by atoms with Crippen molar-refractivity contribution >= 4 is 34.2 Å². The molecule has 0 bridgehead atoms. The van der Waals surface area contributed by atoms with E-state index >= 15 is 0 Å². The van der Waals surface area contributed by atoms with Crippen LogP contribution in [0.3, 0.4) is 0 Å². The van der Waals surface area contributed by atoms with E-state index in [1.165, 1.54) is 49.5 Å². The van der Waals surface area contributed by atoms with Crippen molar-refractivity contribution in [3.8, 4) is 11.1 Å². The number of hydrogen-bond acceptors (Lipinski definition) is 1. The summed E-state index contributed by atoms with van der Waals surface area (Å²) in [5.74, 6) is 0. The molecule has 6 rings (SSSR count). The van der Waals surface area contributed by atoms with Crippen LogP contribution >= 0.6 is 0 Å². The lowest BCUT2D eigenvalue weighted by atomic mass is 9.52. The number of nitrogens with zero attached hydrogens (tertiary/aromatic N) is 1. The first-order valence-corrected chi connectivity index (χ1v) is 13.3. The average molecular weight is 473 g/mol. The van der Waals surface area contributed by atoms with E-state index in [0.29, 0.717) is 6.04 Å². The second kappa shape index (κ2) is 8.25. The van der Waals surface area contributed by atoms with Crippen molar-refractivity contribution in [1.29, 1.82) is 0 Å². The highest BCUT2D eigenvalue weighted by atomic mass is 16.5. The van der Waals surface area contributed by atoms with E-state index in [9.17, 15) is 0 Å². The maximum absolute atomic E-state index is 6.86. The Morgan fingerprint density at radius 2 is 1.67 bits per heavy atom. The van der Waals surface area contributed by atoms with Gasteiger partial charge in [-0.15, -0.1) is 0 Å². The summed E-state index contributed by atoms with van der Waals surface area (Å²) in [5, 5.41) is 2.66. The lowest BCUT2D eigenvalue weighted by Gasteiger charge is -2.34. The maximum atomic E-state index is 6.86. The van der Waals surface area contributed by atoms with E-state index in [0.717, 1.165) is 12.7 Å². The third-order valence-corrected chi connectivity index (χ3v) is 9.08. The van der Waals surface area contributed by atoms with Crippen LogP contribution in [0.15, 0.2) is 78.9 Å². The number of allylic oxidation sites excluding steroid dienone is 4. The zero-order chi connectivity index (χ0) is 25.2. The normalized spacial score (nSPS) is 20.6.